The van der Waals surface area contributed by atoms with Crippen LogP contribution in [0.4, 0.5) is 0 Å². The monoisotopic (exact) mass is 348 g/mol. The van der Waals surface area contributed by atoms with Crippen molar-refractivity contribution in [3.8, 4) is 0 Å². The van der Waals surface area contributed by atoms with E-state index in [4.69, 9.17) is 23.2 Å². The van der Waals surface area contributed by atoms with Gasteiger partial charge in [-0.3, -0.25) is 0 Å². The molecule has 0 amide bonds. The van der Waals surface area contributed by atoms with E-state index in [1.165, 1.54) is 4.88 Å². The summed E-state index contributed by atoms with van der Waals surface area (Å²) in [5.41, 5.74) is 0.951. The summed E-state index contributed by atoms with van der Waals surface area (Å²) < 4.78 is 0.995. The number of hydrogen-bond acceptors (Lipinski definition) is 1. The van der Waals surface area contributed by atoms with E-state index in [0.717, 1.165) is 21.3 Å². The largest absolute Gasteiger partial charge is 0.143 e. The van der Waals surface area contributed by atoms with E-state index in [9.17, 15) is 0 Å². The van der Waals surface area contributed by atoms with Gasteiger partial charge in [0.1, 0.15) is 0 Å². The first-order valence-corrected chi connectivity index (χ1v) is 7.72. The number of alkyl halides is 1. The minimum atomic E-state index is -0.176. The standard InChI is InChI=1S/C13H11BrCl2S/c1-2-9-4-6-12(17-9)13(16)10-7-8(14)3-5-11(10)15/h3-7,13H,2H2,1H3. The molecule has 0 aliphatic heterocycles. The van der Waals surface area contributed by atoms with Crippen LogP contribution in [0.1, 0.15) is 27.6 Å². The Kier molecular flexibility index (Phi) is 4.53. The summed E-state index contributed by atoms with van der Waals surface area (Å²) in [6.45, 7) is 2.14. The molecule has 0 nitrogen and oxygen atoms in total. The van der Waals surface area contributed by atoms with Gasteiger partial charge in [-0.2, -0.15) is 0 Å². The van der Waals surface area contributed by atoms with Crippen molar-refractivity contribution in [3.63, 3.8) is 0 Å². The average Bonchev–Trinajstić information content (AvgIpc) is 2.80. The molecule has 0 radical (unpaired) electrons. The molecule has 2 aromatic rings. The van der Waals surface area contributed by atoms with Crippen LogP contribution in [0.3, 0.4) is 0 Å². The summed E-state index contributed by atoms with van der Waals surface area (Å²) in [7, 11) is 0. The lowest BCUT2D eigenvalue weighted by molar-refractivity contribution is 1.18. The molecule has 1 unspecified atom stereocenters. The minimum absolute atomic E-state index is 0.176. The van der Waals surface area contributed by atoms with E-state index in [-0.39, 0.29) is 5.38 Å². The van der Waals surface area contributed by atoms with Crippen molar-refractivity contribution in [1.29, 1.82) is 0 Å². The molecule has 0 N–H and O–H groups in total. The second-order valence-electron chi connectivity index (χ2n) is 3.69. The first-order chi connectivity index (χ1) is 8.11. The summed E-state index contributed by atoms with van der Waals surface area (Å²) in [6.07, 6.45) is 1.04. The van der Waals surface area contributed by atoms with Gasteiger partial charge >= 0.3 is 0 Å². The molecular weight excluding hydrogens is 339 g/mol. The van der Waals surface area contributed by atoms with Crippen molar-refractivity contribution in [3.05, 3.63) is 55.1 Å². The fourth-order valence-corrected chi connectivity index (χ4v) is 3.58. The first-order valence-electron chi connectivity index (χ1n) is 5.29. The fraction of sp³-hybridized carbons (Fsp3) is 0.231. The highest BCUT2D eigenvalue weighted by Gasteiger charge is 2.16. The summed E-state index contributed by atoms with van der Waals surface area (Å²) in [4.78, 5) is 2.49. The maximum absolute atomic E-state index is 6.48. The fourth-order valence-electron chi connectivity index (χ4n) is 1.58. The zero-order valence-electron chi connectivity index (χ0n) is 9.21. The Morgan fingerprint density at radius 2 is 2.06 bits per heavy atom. The lowest BCUT2D eigenvalue weighted by Crippen LogP contribution is -1.91. The van der Waals surface area contributed by atoms with Crippen LogP contribution in [-0.4, -0.2) is 0 Å². The highest BCUT2D eigenvalue weighted by molar-refractivity contribution is 9.10. The van der Waals surface area contributed by atoms with Gasteiger partial charge in [0.15, 0.2) is 0 Å². The third-order valence-corrected chi connectivity index (χ3v) is 5.24. The number of rotatable bonds is 3. The van der Waals surface area contributed by atoms with Crippen LogP contribution < -0.4 is 0 Å². The molecule has 1 aromatic carbocycles. The predicted octanol–water partition coefficient (Wildman–Crippen LogP) is 6.05. The molecule has 2 rings (SSSR count). The topological polar surface area (TPSA) is 0 Å². The van der Waals surface area contributed by atoms with Crippen molar-refractivity contribution < 1.29 is 0 Å². The van der Waals surface area contributed by atoms with Gasteiger partial charge in [-0.05, 0) is 42.3 Å². The molecule has 0 aliphatic rings. The van der Waals surface area contributed by atoms with Crippen LogP contribution in [0, 0.1) is 0 Å². The highest BCUT2D eigenvalue weighted by atomic mass is 79.9. The van der Waals surface area contributed by atoms with E-state index in [1.54, 1.807) is 11.3 Å². The van der Waals surface area contributed by atoms with Crippen LogP contribution in [0.15, 0.2) is 34.8 Å². The predicted molar refractivity (Wildman–Crippen MR) is 80.5 cm³/mol. The smallest absolute Gasteiger partial charge is 0.0942 e. The molecule has 0 bridgehead atoms. The Balaban J connectivity index is 2.35. The average molecular weight is 350 g/mol. The van der Waals surface area contributed by atoms with Gasteiger partial charge in [-0.25, -0.2) is 0 Å². The number of thiophene rings is 1. The lowest BCUT2D eigenvalue weighted by atomic mass is 10.1. The molecular formula is C13H11BrCl2S. The van der Waals surface area contributed by atoms with Gasteiger partial charge in [0.2, 0.25) is 0 Å². The van der Waals surface area contributed by atoms with Crippen LogP contribution >= 0.6 is 50.5 Å². The van der Waals surface area contributed by atoms with Gasteiger partial charge in [0.25, 0.3) is 0 Å². The Hall–Kier alpha value is -0.0200. The highest BCUT2D eigenvalue weighted by Crippen LogP contribution is 2.38. The number of hydrogen-bond donors (Lipinski definition) is 0. The maximum Gasteiger partial charge on any atom is 0.0942 e. The Labute approximate surface area is 124 Å². The van der Waals surface area contributed by atoms with Crippen molar-refractivity contribution >= 4 is 50.5 Å². The Morgan fingerprint density at radius 3 is 2.71 bits per heavy atom. The van der Waals surface area contributed by atoms with Gasteiger partial charge < -0.3 is 0 Å². The SMILES string of the molecule is CCc1ccc(C(Cl)c2cc(Br)ccc2Cl)s1. The first kappa shape index (κ1) is 13.4. The molecule has 17 heavy (non-hydrogen) atoms. The summed E-state index contributed by atoms with van der Waals surface area (Å²) in [5.74, 6) is 0. The van der Waals surface area contributed by atoms with Gasteiger partial charge in [0.05, 0.1) is 5.38 Å². The number of benzene rings is 1. The second kappa shape index (κ2) is 5.75. The van der Waals surface area contributed by atoms with Crippen LogP contribution in [0.25, 0.3) is 0 Å². The summed E-state index contributed by atoms with van der Waals surface area (Å²) in [5, 5.41) is 0.532. The molecule has 4 heteroatoms. The molecule has 0 saturated carbocycles. The van der Waals surface area contributed by atoms with Crippen molar-refractivity contribution in [2.75, 3.05) is 0 Å². The molecule has 0 aliphatic carbocycles. The van der Waals surface area contributed by atoms with E-state index in [2.05, 4.69) is 35.0 Å². The zero-order chi connectivity index (χ0) is 12.4. The van der Waals surface area contributed by atoms with Gasteiger partial charge in [-0.1, -0.05) is 34.5 Å². The van der Waals surface area contributed by atoms with E-state index < -0.39 is 0 Å². The molecule has 1 aromatic heterocycles. The Bertz CT molecular complexity index is 522. The molecule has 0 saturated heterocycles. The van der Waals surface area contributed by atoms with Crippen molar-refractivity contribution in [2.45, 2.75) is 18.7 Å². The molecule has 0 fully saturated rings. The third-order valence-electron chi connectivity index (χ3n) is 2.51. The quantitative estimate of drug-likeness (QED) is 0.591. The Morgan fingerprint density at radius 1 is 1.29 bits per heavy atom. The summed E-state index contributed by atoms with van der Waals surface area (Å²) in [6, 6.07) is 9.97. The molecule has 90 valence electrons. The zero-order valence-corrected chi connectivity index (χ0v) is 13.1. The lowest BCUT2D eigenvalue weighted by Gasteiger charge is -2.10. The third kappa shape index (κ3) is 3.05. The minimum Gasteiger partial charge on any atom is -0.143 e. The second-order valence-corrected chi connectivity index (χ2v) is 6.65. The molecule has 1 heterocycles. The van der Waals surface area contributed by atoms with Crippen molar-refractivity contribution in [1.82, 2.24) is 0 Å². The van der Waals surface area contributed by atoms with Crippen LogP contribution in [0.2, 0.25) is 5.02 Å². The number of aryl methyl sites for hydroxylation is 1. The normalized spacial score (nSPS) is 12.7. The van der Waals surface area contributed by atoms with Crippen LogP contribution in [-0.2, 0) is 6.42 Å². The van der Waals surface area contributed by atoms with Gasteiger partial charge in [0, 0.05) is 19.2 Å². The summed E-state index contributed by atoms with van der Waals surface area (Å²) >= 11 is 17.9. The van der Waals surface area contributed by atoms with E-state index >= 15 is 0 Å². The molecule has 1 atom stereocenters. The number of halogens is 3. The van der Waals surface area contributed by atoms with Crippen LogP contribution in [0.5, 0.6) is 0 Å². The van der Waals surface area contributed by atoms with Crippen molar-refractivity contribution in [2.24, 2.45) is 0 Å². The van der Waals surface area contributed by atoms with E-state index in [1.807, 2.05) is 18.2 Å². The van der Waals surface area contributed by atoms with Gasteiger partial charge in [-0.15, -0.1) is 22.9 Å². The van der Waals surface area contributed by atoms with E-state index in [0.29, 0.717) is 5.02 Å². The molecule has 0 spiro atoms. The maximum atomic E-state index is 6.48.